The number of aliphatic carboxylic acids is 1. The second-order valence-corrected chi connectivity index (χ2v) is 6.47. The lowest BCUT2D eigenvalue weighted by molar-refractivity contribution is -0.148. The molecule has 1 saturated heterocycles. The number of thiazole rings is 1. The summed E-state index contributed by atoms with van der Waals surface area (Å²) >= 11 is 1.36. The van der Waals surface area contributed by atoms with Gasteiger partial charge in [-0.25, -0.2) is 14.6 Å². The van der Waals surface area contributed by atoms with Gasteiger partial charge >= 0.3 is 12.0 Å². The highest BCUT2D eigenvalue weighted by Gasteiger charge is 2.48. The Labute approximate surface area is 128 Å². The van der Waals surface area contributed by atoms with Crippen molar-refractivity contribution in [1.29, 1.82) is 0 Å². The molecule has 2 rings (SSSR count). The highest BCUT2D eigenvalue weighted by Crippen LogP contribution is 2.33. The lowest BCUT2D eigenvalue weighted by Crippen LogP contribution is -2.54. The van der Waals surface area contributed by atoms with Gasteiger partial charge in [-0.15, -0.1) is 11.3 Å². The SMILES string of the molecule is CCC1(C(=O)O)CCCN1C(=O)Nc1nc(C(C)C)cs1. The van der Waals surface area contributed by atoms with Gasteiger partial charge in [-0.05, 0) is 25.2 Å². The molecule has 1 atom stereocenters. The van der Waals surface area contributed by atoms with Crippen LogP contribution in [0.3, 0.4) is 0 Å². The maximum absolute atomic E-state index is 12.4. The third-order valence-electron chi connectivity index (χ3n) is 4.04. The molecule has 2 heterocycles. The fourth-order valence-corrected chi connectivity index (χ4v) is 3.55. The summed E-state index contributed by atoms with van der Waals surface area (Å²) in [6.07, 6.45) is 1.62. The lowest BCUT2D eigenvalue weighted by atomic mass is 9.93. The number of amides is 2. The van der Waals surface area contributed by atoms with Gasteiger partial charge in [0, 0.05) is 11.9 Å². The third-order valence-corrected chi connectivity index (χ3v) is 4.82. The largest absolute Gasteiger partial charge is 0.479 e. The molecule has 1 unspecified atom stereocenters. The normalized spacial score (nSPS) is 21.8. The fourth-order valence-electron chi connectivity index (χ4n) is 2.68. The van der Waals surface area contributed by atoms with E-state index in [2.05, 4.69) is 10.3 Å². The van der Waals surface area contributed by atoms with Crippen LogP contribution in [-0.2, 0) is 4.79 Å². The predicted octanol–water partition coefficient (Wildman–Crippen LogP) is 3.13. The van der Waals surface area contributed by atoms with E-state index in [-0.39, 0.29) is 6.03 Å². The van der Waals surface area contributed by atoms with E-state index in [1.54, 1.807) is 6.92 Å². The number of hydrogen-bond donors (Lipinski definition) is 2. The average Bonchev–Trinajstić information content (AvgIpc) is 3.04. The van der Waals surface area contributed by atoms with Gasteiger partial charge in [0.15, 0.2) is 5.13 Å². The van der Waals surface area contributed by atoms with Crippen LogP contribution in [0.15, 0.2) is 5.38 Å². The third kappa shape index (κ3) is 2.88. The number of rotatable bonds is 4. The van der Waals surface area contributed by atoms with Gasteiger partial charge in [0.1, 0.15) is 5.54 Å². The van der Waals surface area contributed by atoms with E-state index < -0.39 is 11.5 Å². The Kier molecular flexibility index (Phi) is 4.51. The summed E-state index contributed by atoms with van der Waals surface area (Å²) in [6, 6.07) is -0.374. The molecule has 2 amide bonds. The van der Waals surface area contributed by atoms with Crippen LogP contribution in [-0.4, -0.2) is 39.1 Å². The molecule has 1 aromatic heterocycles. The van der Waals surface area contributed by atoms with E-state index >= 15 is 0 Å². The fraction of sp³-hybridized carbons (Fsp3) is 0.643. The quantitative estimate of drug-likeness (QED) is 0.895. The van der Waals surface area contributed by atoms with Crippen molar-refractivity contribution >= 4 is 28.5 Å². The minimum absolute atomic E-state index is 0.299. The van der Waals surface area contributed by atoms with Crippen molar-refractivity contribution < 1.29 is 14.7 Å². The number of likely N-dealkylation sites (tertiary alicyclic amines) is 1. The number of nitrogens with one attached hydrogen (secondary N) is 1. The molecular weight excluding hydrogens is 290 g/mol. The van der Waals surface area contributed by atoms with E-state index in [0.29, 0.717) is 36.9 Å². The molecule has 0 aromatic carbocycles. The minimum Gasteiger partial charge on any atom is -0.479 e. The van der Waals surface area contributed by atoms with Gasteiger partial charge < -0.3 is 10.0 Å². The Balaban J connectivity index is 2.13. The highest BCUT2D eigenvalue weighted by atomic mass is 32.1. The average molecular weight is 311 g/mol. The maximum Gasteiger partial charge on any atom is 0.329 e. The molecule has 0 aliphatic carbocycles. The van der Waals surface area contributed by atoms with Gasteiger partial charge in [-0.3, -0.25) is 5.32 Å². The summed E-state index contributed by atoms with van der Waals surface area (Å²) in [5.74, 6) is -0.632. The molecule has 1 aromatic rings. The molecule has 116 valence electrons. The number of carboxylic acids is 1. The maximum atomic E-state index is 12.4. The Morgan fingerprint density at radius 1 is 1.57 bits per heavy atom. The van der Waals surface area contributed by atoms with Crippen molar-refractivity contribution in [3.05, 3.63) is 11.1 Å². The van der Waals surface area contributed by atoms with Crippen LogP contribution in [0.5, 0.6) is 0 Å². The Morgan fingerprint density at radius 3 is 2.81 bits per heavy atom. The predicted molar refractivity (Wildman–Crippen MR) is 81.8 cm³/mol. The standard InChI is InChI=1S/C14H21N3O3S/c1-4-14(11(18)19)6-5-7-17(14)13(20)16-12-15-10(8-21-12)9(2)3/h8-9H,4-7H2,1-3H3,(H,18,19)(H,15,16,20). The zero-order valence-corrected chi connectivity index (χ0v) is 13.4. The molecular formula is C14H21N3O3S. The van der Waals surface area contributed by atoms with Crippen molar-refractivity contribution in [3.63, 3.8) is 0 Å². The molecule has 1 aliphatic rings. The van der Waals surface area contributed by atoms with Crippen molar-refractivity contribution in [3.8, 4) is 0 Å². The minimum atomic E-state index is -1.08. The van der Waals surface area contributed by atoms with E-state index in [0.717, 1.165) is 5.69 Å². The Morgan fingerprint density at radius 2 is 2.29 bits per heavy atom. The Bertz CT molecular complexity index is 543. The Hall–Kier alpha value is -1.63. The summed E-state index contributed by atoms with van der Waals surface area (Å²) in [5.41, 5.74) is -0.154. The second kappa shape index (κ2) is 6.01. The van der Waals surface area contributed by atoms with Crippen molar-refractivity contribution in [2.24, 2.45) is 0 Å². The monoisotopic (exact) mass is 311 g/mol. The summed E-state index contributed by atoms with van der Waals surface area (Å²) < 4.78 is 0. The number of nitrogens with zero attached hydrogens (tertiary/aromatic N) is 2. The van der Waals surface area contributed by atoms with Gasteiger partial charge in [0.2, 0.25) is 0 Å². The molecule has 1 aliphatic heterocycles. The van der Waals surface area contributed by atoms with Gasteiger partial charge in [0.05, 0.1) is 5.69 Å². The van der Waals surface area contributed by atoms with Crippen molar-refractivity contribution in [1.82, 2.24) is 9.88 Å². The second-order valence-electron chi connectivity index (χ2n) is 5.61. The molecule has 0 spiro atoms. The van der Waals surface area contributed by atoms with Crippen LogP contribution in [0, 0.1) is 0 Å². The molecule has 0 saturated carbocycles. The smallest absolute Gasteiger partial charge is 0.329 e. The summed E-state index contributed by atoms with van der Waals surface area (Å²) in [7, 11) is 0. The van der Waals surface area contributed by atoms with Gasteiger partial charge in [0.25, 0.3) is 0 Å². The van der Waals surface area contributed by atoms with Crippen LogP contribution in [0.25, 0.3) is 0 Å². The molecule has 2 N–H and O–H groups in total. The molecule has 0 bridgehead atoms. The van der Waals surface area contributed by atoms with Crippen LogP contribution < -0.4 is 5.32 Å². The van der Waals surface area contributed by atoms with Crippen LogP contribution in [0.4, 0.5) is 9.93 Å². The molecule has 6 nitrogen and oxygen atoms in total. The first-order valence-electron chi connectivity index (χ1n) is 7.18. The molecule has 7 heteroatoms. The number of carbonyl (C=O) groups excluding carboxylic acids is 1. The number of carboxylic acid groups (broad SMARTS) is 1. The van der Waals surface area contributed by atoms with Crippen molar-refractivity contribution in [2.45, 2.75) is 51.5 Å². The summed E-state index contributed by atoms with van der Waals surface area (Å²) in [6.45, 7) is 6.34. The van der Waals surface area contributed by atoms with E-state index in [1.807, 2.05) is 19.2 Å². The van der Waals surface area contributed by atoms with Gasteiger partial charge in [-0.1, -0.05) is 20.8 Å². The van der Waals surface area contributed by atoms with E-state index in [9.17, 15) is 14.7 Å². The van der Waals surface area contributed by atoms with E-state index in [4.69, 9.17) is 0 Å². The van der Waals surface area contributed by atoms with Crippen molar-refractivity contribution in [2.75, 3.05) is 11.9 Å². The zero-order valence-electron chi connectivity index (χ0n) is 12.5. The molecule has 21 heavy (non-hydrogen) atoms. The van der Waals surface area contributed by atoms with Crippen LogP contribution in [0.1, 0.15) is 51.6 Å². The first-order chi connectivity index (χ1) is 9.90. The topological polar surface area (TPSA) is 82.5 Å². The number of aromatic nitrogens is 1. The molecule has 0 radical (unpaired) electrons. The number of hydrogen-bond acceptors (Lipinski definition) is 4. The highest BCUT2D eigenvalue weighted by molar-refractivity contribution is 7.13. The number of urea groups is 1. The van der Waals surface area contributed by atoms with E-state index in [1.165, 1.54) is 16.2 Å². The first kappa shape index (κ1) is 15.8. The first-order valence-corrected chi connectivity index (χ1v) is 8.06. The molecule has 1 fully saturated rings. The summed E-state index contributed by atoms with van der Waals surface area (Å²) in [5, 5.41) is 14.7. The van der Waals surface area contributed by atoms with Gasteiger partial charge in [-0.2, -0.15) is 0 Å². The zero-order chi connectivity index (χ0) is 15.6. The number of carbonyl (C=O) groups is 2. The van der Waals surface area contributed by atoms with Crippen LogP contribution in [0.2, 0.25) is 0 Å². The van der Waals surface area contributed by atoms with Crippen LogP contribution >= 0.6 is 11.3 Å². The number of anilines is 1. The lowest BCUT2D eigenvalue weighted by Gasteiger charge is -2.33. The summed E-state index contributed by atoms with van der Waals surface area (Å²) in [4.78, 5) is 29.8.